The highest BCUT2D eigenvalue weighted by atomic mass is 15.4. The Balaban J connectivity index is 1.91. The molecule has 2 aromatic rings. The van der Waals surface area contributed by atoms with Gasteiger partial charge in [0.2, 0.25) is 0 Å². The Labute approximate surface area is 107 Å². The zero-order valence-electron chi connectivity index (χ0n) is 10.7. The van der Waals surface area contributed by atoms with Crippen LogP contribution in [0.2, 0.25) is 0 Å². The third-order valence-electron chi connectivity index (χ3n) is 2.89. The van der Waals surface area contributed by atoms with Crippen LogP contribution in [0.15, 0.2) is 30.7 Å². The highest BCUT2D eigenvalue weighted by Gasteiger charge is 2.09. The molecule has 0 saturated heterocycles. The Hall–Kier alpha value is -1.75. The summed E-state index contributed by atoms with van der Waals surface area (Å²) in [5, 5.41) is 8.22. The van der Waals surface area contributed by atoms with Crippen LogP contribution in [-0.4, -0.2) is 20.0 Å². The van der Waals surface area contributed by atoms with Gasteiger partial charge >= 0.3 is 0 Å². The highest BCUT2D eigenvalue weighted by Crippen LogP contribution is 2.12. The number of aryl methyl sites for hydroxylation is 2. The lowest BCUT2D eigenvalue weighted by atomic mass is 10.1. The molecule has 5 heteroatoms. The molecule has 0 aliphatic rings. The molecule has 2 rings (SSSR count). The Kier molecular flexibility index (Phi) is 4.41. The van der Waals surface area contributed by atoms with Crippen LogP contribution in [0.3, 0.4) is 0 Å². The van der Waals surface area contributed by atoms with Crippen LogP contribution in [0.5, 0.6) is 0 Å². The Morgan fingerprint density at radius 2 is 2.33 bits per heavy atom. The summed E-state index contributed by atoms with van der Waals surface area (Å²) in [6.07, 6.45) is 8.50. The summed E-state index contributed by atoms with van der Waals surface area (Å²) in [6.45, 7) is 2.92. The molecule has 0 aliphatic heterocycles. The van der Waals surface area contributed by atoms with Gasteiger partial charge in [-0.3, -0.25) is 9.67 Å². The number of nitrogens with zero attached hydrogens (tertiary/aromatic N) is 4. The molecule has 0 saturated carbocycles. The predicted molar refractivity (Wildman–Crippen MR) is 69.8 cm³/mol. The summed E-state index contributed by atoms with van der Waals surface area (Å²) in [5.41, 5.74) is 8.08. The number of pyridine rings is 1. The Morgan fingerprint density at radius 3 is 3.06 bits per heavy atom. The molecule has 96 valence electrons. The fraction of sp³-hybridized carbons (Fsp3) is 0.462. The van der Waals surface area contributed by atoms with Gasteiger partial charge in [0.05, 0.1) is 17.9 Å². The summed E-state index contributed by atoms with van der Waals surface area (Å²) in [4.78, 5) is 4.09. The minimum absolute atomic E-state index is 0.00198. The molecule has 1 atom stereocenters. The average Bonchev–Trinajstić information content (AvgIpc) is 2.87. The first-order valence-electron chi connectivity index (χ1n) is 6.34. The van der Waals surface area contributed by atoms with Gasteiger partial charge in [0, 0.05) is 18.9 Å². The van der Waals surface area contributed by atoms with E-state index in [2.05, 4.69) is 28.3 Å². The van der Waals surface area contributed by atoms with E-state index in [1.807, 2.05) is 23.1 Å². The van der Waals surface area contributed by atoms with Crippen molar-refractivity contribution in [2.75, 3.05) is 0 Å². The van der Waals surface area contributed by atoms with Crippen molar-refractivity contribution in [2.24, 2.45) is 5.73 Å². The van der Waals surface area contributed by atoms with Gasteiger partial charge < -0.3 is 5.73 Å². The second-order valence-corrected chi connectivity index (χ2v) is 4.41. The van der Waals surface area contributed by atoms with E-state index in [-0.39, 0.29) is 6.04 Å². The van der Waals surface area contributed by atoms with Gasteiger partial charge in [-0.25, -0.2) is 0 Å². The zero-order valence-corrected chi connectivity index (χ0v) is 10.7. The van der Waals surface area contributed by atoms with Gasteiger partial charge in [0.1, 0.15) is 0 Å². The van der Waals surface area contributed by atoms with Crippen molar-refractivity contribution in [3.05, 3.63) is 42.0 Å². The maximum absolute atomic E-state index is 6.00. The molecule has 5 nitrogen and oxygen atoms in total. The van der Waals surface area contributed by atoms with Crippen molar-refractivity contribution in [1.82, 2.24) is 20.0 Å². The van der Waals surface area contributed by atoms with E-state index in [9.17, 15) is 0 Å². The minimum atomic E-state index is 0.00198. The normalized spacial score (nSPS) is 12.6. The van der Waals surface area contributed by atoms with E-state index in [0.717, 1.165) is 31.5 Å². The Morgan fingerprint density at radius 1 is 1.44 bits per heavy atom. The van der Waals surface area contributed by atoms with E-state index in [0.29, 0.717) is 0 Å². The van der Waals surface area contributed by atoms with Crippen LogP contribution >= 0.6 is 0 Å². The summed E-state index contributed by atoms with van der Waals surface area (Å²) >= 11 is 0. The van der Waals surface area contributed by atoms with Gasteiger partial charge in [-0.1, -0.05) is 24.6 Å². The molecule has 0 aliphatic carbocycles. The van der Waals surface area contributed by atoms with Crippen molar-refractivity contribution in [2.45, 2.75) is 38.8 Å². The number of rotatable bonds is 6. The molecule has 0 radical (unpaired) electrons. The molecule has 2 heterocycles. The first-order valence-corrected chi connectivity index (χ1v) is 6.34. The van der Waals surface area contributed by atoms with Gasteiger partial charge in [-0.2, -0.15) is 0 Å². The quantitative estimate of drug-likeness (QED) is 0.841. The lowest BCUT2D eigenvalue weighted by molar-refractivity contribution is 0.587. The van der Waals surface area contributed by atoms with Crippen LogP contribution in [0.1, 0.15) is 37.1 Å². The summed E-state index contributed by atoms with van der Waals surface area (Å²) in [6, 6.07) is 4.01. The van der Waals surface area contributed by atoms with Crippen LogP contribution < -0.4 is 5.73 Å². The van der Waals surface area contributed by atoms with Crippen LogP contribution in [0, 0.1) is 0 Å². The standard InChI is InChI=1S/C13H19N5/c1-2-4-12(14)13-10-18(17-16-13)8-6-11-5-3-7-15-9-11/h3,5,7,9-10,12H,2,4,6,8,14H2,1H3. The zero-order chi connectivity index (χ0) is 12.8. The monoisotopic (exact) mass is 245 g/mol. The molecule has 0 spiro atoms. The maximum Gasteiger partial charge on any atom is 0.0994 e. The Bertz CT molecular complexity index is 465. The number of aromatic nitrogens is 4. The van der Waals surface area contributed by atoms with E-state index in [1.165, 1.54) is 5.56 Å². The highest BCUT2D eigenvalue weighted by molar-refractivity contribution is 5.08. The van der Waals surface area contributed by atoms with Crippen molar-refractivity contribution in [3.8, 4) is 0 Å². The van der Waals surface area contributed by atoms with Gasteiger partial charge in [-0.05, 0) is 24.5 Å². The molecular weight excluding hydrogens is 226 g/mol. The molecule has 0 amide bonds. The third-order valence-corrected chi connectivity index (χ3v) is 2.89. The van der Waals surface area contributed by atoms with Crippen molar-refractivity contribution < 1.29 is 0 Å². The molecule has 1 unspecified atom stereocenters. The van der Waals surface area contributed by atoms with Crippen molar-refractivity contribution in [1.29, 1.82) is 0 Å². The SMILES string of the molecule is CCCC(N)c1cn(CCc2cccnc2)nn1. The lowest BCUT2D eigenvalue weighted by Gasteiger charge is -2.04. The first-order chi connectivity index (χ1) is 8.79. The first kappa shape index (κ1) is 12.7. The maximum atomic E-state index is 6.00. The number of hydrogen-bond acceptors (Lipinski definition) is 4. The molecule has 18 heavy (non-hydrogen) atoms. The second-order valence-electron chi connectivity index (χ2n) is 4.41. The van der Waals surface area contributed by atoms with Gasteiger partial charge in [0.25, 0.3) is 0 Å². The summed E-state index contributed by atoms with van der Waals surface area (Å²) in [7, 11) is 0. The molecule has 0 fully saturated rings. The molecule has 2 aromatic heterocycles. The lowest BCUT2D eigenvalue weighted by Crippen LogP contribution is -2.10. The summed E-state index contributed by atoms with van der Waals surface area (Å²) < 4.78 is 1.85. The van der Waals surface area contributed by atoms with Crippen LogP contribution in [-0.2, 0) is 13.0 Å². The number of hydrogen-bond donors (Lipinski definition) is 1. The van der Waals surface area contributed by atoms with E-state index in [4.69, 9.17) is 5.73 Å². The van der Waals surface area contributed by atoms with Gasteiger partial charge in [-0.15, -0.1) is 5.10 Å². The van der Waals surface area contributed by atoms with E-state index < -0.39 is 0 Å². The topological polar surface area (TPSA) is 69.6 Å². The predicted octanol–water partition coefficient (Wildman–Crippen LogP) is 1.72. The fourth-order valence-corrected chi connectivity index (χ4v) is 1.84. The van der Waals surface area contributed by atoms with Crippen LogP contribution in [0.25, 0.3) is 0 Å². The minimum Gasteiger partial charge on any atom is -0.323 e. The smallest absolute Gasteiger partial charge is 0.0994 e. The van der Waals surface area contributed by atoms with Crippen molar-refractivity contribution in [3.63, 3.8) is 0 Å². The van der Waals surface area contributed by atoms with Crippen molar-refractivity contribution >= 4 is 0 Å². The fourth-order valence-electron chi connectivity index (χ4n) is 1.84. The van der Waals surface area contributed by atoms with E-state index in [1.54, 1.807) is 6.20 Å². The van der Waals surface area contributed by atoms with E-state index >= 15 is 0 Å². The second kappa shape index (κ2) is 6.26. The number of nitrogens with two attached hydrogens (primary N) is 1. The third kappa shape index (κ3) is 3.37. The van der Waals surface area contributed by atoms with Gasteiger partial charge in [0.15, 0.2) is 0 Å². The molecule has 2 N–H and O–H groups in total. The molecule has 0 aromatic carbocycles. The summed E-state index contributed by atoms with van der Waals surface area (Å²) in [5.74, 6) is 0. The molecular formula is C13H19N5. The van der Waals surface area contributed by atoms with Crippen LogP contribution in [0.4, 0.5) is 0 Å². The largest absolute Gasteiger partial charge is 0.323 e. The molecule has 0 bridgehead atoms. The average molecular weight is 245 g/mol.